The minimum absolute atomic E-state index is 0. The summed E-state index contributed by atoms with van der Waals surface area (Å²) >= 11 is 1.19. The Morgan fingerprint density at radius 2 is 2.30 bits per heavy atom. The van der Waals surface area contributed by atoms with Crippen molar-refractivity contribution in [3.8, 4) is 0 Å². The zero-order chi connectivity index (χ0) is 6.85. The van der Waals surface area contributed by atoms with Crippen molar-refractivity contribution in [2.45, 2.75) is 20.4 Å². The Labute approximate surface area is 80.9 Å². The molecule has 1 heterocycles. The van der Waals surface area contributed by atoms with Crippen molar-refractivity contribution in [3.05, 3.63) is 16.3 Å². The zero-order valence-electron chi connectivity index (χ0n) is 5.90. The molecule has 0 aliphatic rings. The number of nitrogens with zero attached hydrogens (tertiary/aromatic N) is 1. The van der Waals surface area contributed by atoms with Crippen LogP contribution in [0, 0.1) is 12.1 Å². The highest BCUT2D eigenvalue weighted by Gasteiger charge is 2.08. The van der Waals surface area contributed by atoms with Crippen LogP contribution in [0.2, 0.25) is 0 Å². The van der Waals surface area contributed by atoms with Crippen LogP contribution in [0.15, 0.2) is 6.20 Å². The van der Waals surface area contributed by atoms with Crippen LogP contribution in [0.3, 0.4) is 0 Å². The van der Waals surface area contributed by atoms with Crippen LogP contribution < -0.4 is 28.5 Å². The normalized spacial score (nSPS) is 9.10. The predicted octanol–water partition coefficient (Wildman–Crippen LogP) is -1.49. The molecule has 4 heteroatoms. The van der Waals surface area contributed by atoms with E-state index in [-0.39, 0.29) is 29.1 Å². The van der Waals surface area contributed by atoms with Crippen molar-refractivity contribution in [1.82, 2.24) is 0 Å². The summed E-state index contributed by atoms with van der Waals surface area (Å²) in [6.07, 6.45) is 1.53. The van der Waals surface area contributed by atoms with E-state index in [1.807, 2.05) is 18.4 Å². The van der Waals surface area contributed by atoms with Crippen LogP contribution in [0.4, 0.5) is 4.39 Å². The number of thiazole rings is 1. The standard InChI is InChI=1S/C6H9FNS.HI/c1-3-8-4-6(7)9-5(8)2;/h4H,3H2,1-2H3;1H/q+1;/p-1. The number of halogens is 2. The molecular formula is C6H9FINS. The van der Waals surface area contributed by atoms with Crippen LogP contribution in [0.5, 0.6) is 0 Å². The number of rotatable bonds is 1. The highest BCUT2D eigenvalue weighted by atomic mass is 127. The Morgan fingerprint density at radius 3 is 2.50 bits per heavy atom. The van der Waals surface area contributed by atoms with Crippen molar-refractivity contribution in [3.63, 3.8) is 0 Å². The molecule has 58 valence electrons. The van der Waals surface area contributed by atoms with Gasteiger partial charge in [-0.1, -0.05) is 0 Å². The second-order valence-electron chi connectivity index (χ2n) is 1.84. The summed E-state index contributed by atoms with van der Waals surface area (Å²) in [7, 11) is 0. The van der Waals surface area contributed by atoms with E-state index in [4.69, 9.17) is 0 Å². The van der Waals surface area contributed by atoms with Crippen molar-refractivity contribution in [1.29, 1.82) is 0 Å². The first-order valence-corrected chi connectivity index (χ1v) is 3.71. The van der Waals surface area contributed by atoms with E-state index in [2.05, 4.69) is 0 Å². The Balaban J connectivity index is 0.000000810. The van der Waals surface area contributed by atoms with Gasteiger partial charge in [0.15, 0.2) is 0 Å². The molecule has 0 N–H and O–H groups in total. The first kappa shape index (κ1) is 10.3. The number of hydrogen-bond acceptors (Lipinski definition) is 1. The summed E-state index contributed by atoms with van der Waals surface area (Å²) in [6, 6.07) is 0. The SMILES string of the molecule is CC[n+]1cc(F)sc1C.[I-]. The Kier molecular flexibility index (Phi) is 4.35. The van der Waals surface area contributed by atoms with Gasteiger partial charge >= 0.3 is 0 Å². The molecule has 0 atom stereocenters. The van der Waals surface area contributed by atoms with Crippen molar-refractivity contribution >= 4 is 11.3 Å². The third-order valence-electron chi connectivity index (χ3n) is 1.25. The van der Waals surface area contributed by atoms with Gasteiger partial charge in [-0.25, -0.2) is 0 Å². The van der Waals surface area contributed by atoms with Crippen molar-refractivity contribution in [2.75, 3.05) is 0 Å². The molecule has 10 heavy (non-hydrogen) atoms. The predicted molar refractivity (Wildman–Crippen MR) is 34.9 cm³/mol. The molecule has 0 aromatic carbocycles. The quantitative estimate of drug-likeness (QED) is 0.433. The summed E-state index contributed by atoms with van der Waals surface area (Å²) in [5, 5.41) is 0.921. The molecule has 0 saturated heterocycles. The molecule has 0 unspecified atom stereocenters. The van der Waals surface area contributed by atoms with Crippen LogP contribution in [0.1, 0.15) is 11.9 Å². The van der Waals surface area contributed by atoms with Gasteiger partial charge in [0.2, 0.25) is 16.3 Å². The first-order chi connectivity index (χ1) is 4.24. The van der Waals surface area contributed by atoms with Crippen LogP contribution in [-0.4, -0.2) is 0 Å². The molecule has 0 aliphatic carbocycles. The van der Waals surface area contributed by atoms with Gasteiger partial charge in [0.05, 0.1) is 0 Å². The molecule has 0 bridgehead atoms. The highest BCUT2D eigenvalue weighted by Crippen LogP contribution is 2.06. The fraction of sp³-hybridized carbons (Fsp3) is 0.500. The van der Waals surface area contributed by atoms with E-state index in [1.165, 1.54) is 17.5 Å². The molecule has 1 aromatic heterocycles. The van der Waals surface area contributed by atoms with Gasteiger partial charge in [0, 0.05) is 6.92 Å². The van der Waals surface area contributed by atoms with E-state index in [9.17, 15) is 4.39 Å². The third-order valence-corrected chi connectivity index (χ3v) is 2.08. The lowest BCUT2D eigenvalue weighted by atomic mass is 10.6. The summed E-state index contributed by atoms with van der Waals surface area (Å²) < 4.78 is 14.3. The number of hydrogen-bond donors (Lipinski definition) is 0. The van der Waals surface area contributed by atoms with Gasteiger partial charge < -0.3 is 24.0 Å². The molecule has 0 aliphatic heterocycles. The average Bonchev–Trinajstić information content (AvgIpc) is 2.10. The smallest absolute Gasteiger partial charge is 0.245 e. The maximum absolute atomic E-state index is 12.4. The largest absolute Gasteiger partial charge is 1.00 e. The molecule has 0 saturated carbocycles. The minimum atomic E-state index is -0.102. The summed E-state index contributed by atoms with van der Waals surface area (Å²) in [5.74, 6) is 0. The monoisotopic (exact) mass is 273 g/mol. The van der Waals surface area contributed by atoms with Crippen molar-refractivity contribution in [2.24, 2.45) is 0 Å². The molecule has 0 radical (unpaired) electrons. The van der Waals surface area contributed by atoms with Crippen LogP contribution in [-0.2, 0) is 6.54 Å². The molecule has 1 rings (SSSR count). The van der Waals surface area contributed by atoms with Crippen LogP contribution >= 0.6 is 11.3 Å². The Hall–Kier alpha value is 0.290. The van der Waals surface area contributed by atoms with E-state index in [0.29, 0.717) is 0 Å². The van der Waals surface area contributed by atoms with Gasteiger partial charge in [-0.3, -0.25) is 0 Å². The lowest BCUT2D eigenvalue weighted by Crippen LogP contribution is -3.00. The van der Waals surface area contributed by atoms with E-state index in [0.717, 1.165) is 11.6 Å². The lowest BCUT2D eigenvalue weighted by Gasteiger charge is -1.82. The maximum Gasteiger partial charge on any atom is 0.245 e. The molecular weight excluding hydrogens is 264 g/mol. The molecule has 1 aromatic rings. The Bertz CT molecular complexity index is 212. The van der Waals surface area contributed by atoms with Gasteiger partial charge in [0.25, 0.3) is 0 Å². The van der Waals surface area contributed by atoms with E-state index >= 15 is 0 Å². The minimum Gasteiger partial charge on any atom is -1.00 e. The van der Waals surface area contributed by atoms with Crippen LogP contribution in [0.25, 0.3) is 0 Å². The third kappa shape index (κ3) is 2.16. The number of aromatic nitrogens is 1. The summed E-state index contributed by atoms with van der Waals surface area (Å²) in [5.41, 5.74) is 0. The molecule has 0 fully saturated rings. The lowest BCUT2D eigenvalue weighted by molar-refractivity contribution is -0.695. The fourth-order valence-electron chi connectivity index (χ4n) is 0.753. The van der Waals surface area contributed by atoms with Gasteiger partial charge in [-0.15, -0.1) is 0 Å². The fourth-order valence-corrected chi connectivity index (χ4v) is 1.51. The summed E-state index contributed by atoms with van der Waals surface area (Å²) in [6.45, 7) is 4.77. The number of aryl methyl sites for hydroxylation is 2. The second-order valence-corrected chi connectivity index (χ2v) is 3.03. The highest BCUT2D eigenvalue weighted by molar-refractivity contribution is 7.09. The van der Waals surface area contributed by atoms with E-state index in [1.54, 1.807) is 0 Å². The van der Waals surface area contributed by atoms with Gasteiger partial charge in [-0.2, -0.15) is 8.96 Å². The van der Waals surface area contributed by atoms with Crippen molar-refractivity contribution < 1.29 is 32.9 Å². The first-order valence-electron chi connectivity index (χ1n) is 2.89. The summed E-state index contributed by atoms with van der Waals surface area (Å²) in [4.78, 5) is 0. The maximum atomic E-state index is 12.4. The Morgan fingerprint density at radius 1 is 1.70 bits per heavy atom. The molecule has 0 spiro atoms. The topological polar surface area (TPSA) is 3.88 Å². The van der Waals surface area contributed by atoms with E-state index < -0.39 is 0 Å². The molecule has 0 amide bonds. The van der Waals surface area contributed by atoms with Gasteiger partial charge in [-0.05, 0) is 18.3 Å². The second kappa shape index (κ2) is 4.23. The zero-order valence-corrected chi connectivity index (χ0v) is 8.87. The molecule has 1 nitrogen and oxygen atoms in total. The van der Waals surface area contributed by atoms with Gasteiger partial charge in [0.1, 0.15) is 6.54 Å². The average molecular weight is 273 g/mol.